The molecule has 0 aromatic carbocycles. The Hall–Kier alpha value is -1.69. The van der Waals surface area contributed by atoms with Crippen LogP contribution < -0.4 is 5.56 Å². The van der Waals surface area contributed by atoms with Crippen molar-refractivity contribution >= 4 is 5.91 Å². The molecule has 0 radical (unpaired) electrons. The van der Waals surface area contributed by atoms with E-state index in [4.69, 9.17) is 4.74 Å². The number of aryl methyl sites for hydroxylation is 2. The molecule has 0 aliphatic carbocycles. The maximum Gasteiger partial charge on any atom is 0.254 e. The minimum Gasteiger partial charge on any atom is -0.378 e. The van der Waals surface area contributed by atoms with E-state index in [0.29, 0.717) is 43.4 Å². The Labute approximate surface area is 105 Å². The van der Waals surface area contributed by atoms with Gasteiger partial charge in [0.25, 0.3) is 5.56 Å². The summed E-state index contributed by atoms with van der Waals surface area (Å²) in [6.45, 7) is 5.79. The predicted octanol–water partition coefficient (Wildman–Crippen LogP) is -0.212. The van der Waals surface area contributed by atoms with Gasteiger partial charge in [0.15, 0.2) is 0 Å². The van der Waals surface area contributed by atoms with E-state index in [1.54, 1.807) is 18.7 Å². The quantitative estimate of drug-likeness (QED) is 0.789. The van der Waals surface area contributed by atoms with Crippen molar-refractivity contribution in [2.45, 2.75) is 20.3 Å². The lowest BCUT2D eigenvalue weighted by Gasteiger charge is -2.26. The third-order valence-corrected chi connectivity index (χ3v) is 3.03. The Bertz CT molecular complexity index is 504. The second-order valence-electron chi connectivity index (χ2n) is 4.39. The monoisotopic (exact) mass is 251 g/mol. The van der Waals surface area contributed by atoms with Crippen LogP contribution in [0.2, 0.25) is 0 Å². The van der Waals surface area contributed by atoms with Gasteiger partial charge in [0, 0.05) is 24.3 Å². The van der Waals surface area contributed by atoms with E-state index in [9.17, 15) is 9.59 Å². The van der Waals surface area contributed by atoms with Gasteiger partial charge in [-0.3, -0.25) is 9.59 Å². The molecule has 1 aromatic rings. The number of rotatable bonds is 2. The fourth-order valence-corrected chi connectivity index (χ4v) is 2.04. The van der Waals surface area contributed by atoms with E-state index in [0.717, 1.165) is 0 Å². The van der Waals surface area contributed by atoms with Gasteiger partial charge in [0.1, 0.15) is 5.82 Å². The molecule has 6 nitrogen and oxygen atoms in total. The molecular formula is C12H17N3O3. The Morgan fingerprint density at radius 1 is 1.39 bits per heavy atom. The van der Waals surface area contributed by atoms with Crippen molar-refractivity contribution in [1.29, 1.82) is 0 Å². The van der Waals surface area contributed by atoms with Crippen LogP contribution in [-0.4, -0.2) is 47.1 Å². The lowest BCUT2D eigenvalue weighted by molar-refractivity contribution is -0.134. The minimum absolute atomic E-state index is 0.0439. The van der Waals surface area contributed by atoms with Gasteiger partial charge in [-0.1, -0.05) is 0 Å². The van der Waals surface area contributed by atoms with Crippen LogP contribution in [0.25, 0.3) is 0 Å². The zero-order valence-electron chi connectivity index (χ0n) is 10.7. The van der Waals surface area contributed by atoms with Gasteiger partial charge < -0.3 is 14.6 Å². The summed E-state index contributed by atoms with van der Waals surface area (Å²) in [5.41, 5.74) is 0.858. The first-order valence-corrected chi connectivity index (χ1v) is 6.00. The van der Waals surface area contributed by atoms with Crippen molar-refractivity contribution in [1.82, 2.24) is 14.9 Å². The lowest BCUT2D eigenvalue weighted by atomic mass is 10.1. The number of aromatic nitrogens is 2. The molecule has 1 fully saturated rings. The van der Waals surface area contributed by atoms with Gasteiger partial charge >= 0.3 is 0 Å². The van der Waals surface area contributed by atoms with Crippen LogP contribution in [-0.2, 0) is 16.0 Å². The largest absolute Gasteiger partial charge is 0.378 e. The van der Waals surface area contributed by atoms with Crippen molar-refractivity contribution in [2.24, 2.45) is 0 Å². The summed E-state index contributed by atoms with van der Waals surface area (Å²) in [5, 5.41) is 0. The Morgan fingerprint density at radius 2 is 2.06 bits per heavy atom. The minimum atomic E-state index is -0.221. The number of amides is 1. The van der Waals surface area contributed by atoms with Gasteiger partial charge in [0.2, 0.25) is 5.91 Å². The smallest absolute Gasteiger partial charge is 0.254 e. The molecule has 1 aliphatic heterocycles. The maximum atomic E-state index is 12.0. The number of carbonyl (C=O) groups excluding carboxylic acids is 1. The molecule has 1 aromatic heterocycles. The zero-order chi connectivity index (χ0) is 13.1. The van der Waals surface area contributed by atoms with Crippen molar-refractivity contribution in [3.8, 4) is 0 Å². The van der Waals surface area contributed by atoms with E-state index in [1.807, 2.05) is 0 Å². The number of ether oxygens (including phenoxy) is 1. The first kappa shape index (κ1) is 12.8. The molecule has 1 saturated heterocycles. The Balaban J connectivity index is 2.14. The highest BCUT2D eigenvalue weighted by atomic mass is 16.5. The highest BCUT2D eigenvalue weighted by Crippen LogP contribution is 2.05. The molecule has 2 heterocycles. The number of morpholine rings is 1. The van der Waals surface area contributed by atoms with E-state index in [2.05, 4.69) is 9.97 Å². The molecule has 6 heteroatoms. The van der Waals surface area contributed by atoms with Crippen LogP contribution >= 0.6 is 0 Å². The van der Waals surface area contributed by atoms with Crippen LogP contribution in [0.4, 0.5) is 0 Å². The fourth-order valence-electron chi connectivity index (χ4n) is 2.04. The number of nitrogens with zero attached hydrogens (tertiary/aromatic N) is 2. The molecule has 18 heavy (non-hydrogen) atoms. The standard InChI is InChI=1S/C12H17N3O3/c1-8-10(12(17)14-9(2)13-8)7-11(16)15-3-5-18-6-4-15/h3-7H2,1-2H3,(H,13,14,17). The van der Waals surface area contributed by atoms with Crippen molar-refractivity contribution in [3.05, 3.63) is 27.4 Å². The average molecular weight is 251 g/mol. The van der Waals surface area contributed by atoms with Crippen LogP contribution in [0.15, 0.2) is 4.79 Å². The van der Waals surface area contributed by atoms with Crippen molar-refractivity contribution in [3.63, 3.8) is 0 Å². The molecule has 2 rings (SSSR count). The van der Waals surface area contributed by atoms with Crippen LogP contribution in [0.1, 0.15) is 17.1 Å². The topological polar surface area (TPSA) is 75.3 Å². The maximum absolute atomic E-state index is 12.0. The van der Waals surface area contributed by atoms with E-state index >= 15 is 0 Å². The summed E-state index contributed by atoms with van der Waals surface area (Å²) < 4.78 is 5.19. The molecule has 0 bridgehead atoms. The molecule has 1 amide bonds. The fraction of sp³-hybridized carbons (Fsp3) is 0.583. The third kappa shape index (κ3) is 2.76. The first-order valence-electron chi connectivity index (χ1n) is 6.00. The molecule has 0 spiro atoms. The summed E-state index contributed by atoms with van der Waals surface area (Å²) >= 11 is 0. The van der Waals surface area contributed by atoms with Gasteiger partial charge in [-0.25, -0.2) is 4.98 Å². The van der Waals surface area contributed by atoms with Crippen LogP contribution in [0.5, 0.6) is 0 Å². The van der Waals surface area contributed by atoms with Gasteiger partial charge in [-0.05, 0) is 13.8 Å². The third-order valence-electron chi connectivity index (χ3n) is 3.03. The average Bonchev–Trinajstić information content (AvgIpc) is 2.34. The van der Waals surface area contributed by atoms with Crippen molar-refractivity contribution in [2.75, 3.05) is 26.3 Å². The lowest BCUT2D eigenvalue weighted by Crippen LogP contribution is -2.42. The summed E-state index contributed by atoms with van der Waals surface area (Å²) in [5.74, 6) is 0.526. The number of hydrogen-bond donors (Lipinski definition) is 1. The number of nitrogens with one attached hydrogen (secondary N) is 1. The van der Waals surface area contributed by atoms with E-state index in [1.165, 1.54) is 0 Å². The first-order chi connectivity index (χ1) is 8.58. The van der Waals surface area contributed by atoms with Gasteiger partial charge in [-0.2, -0.15) is 0 Å². The SMILES string of the molecule is Cc1nc(C)c(CC(=O)N2CCOCC2)c(=O)[nH]1. The van der Waals surface area contributed by atoms with Crippen LogP contribution in [0, 0.1) is 13.8 Å². The predicted molar refractivity (Wildman–Crippen MR) is 65.4 cm³/mol. The van der Waals surface area contributed by atoms with E-state index < -0.39 is 0 Å². The van der Waals surface area contributed by atoms with Gasteiger partial charge in [-0.15, -0.1) is 0 Å². The second-order valence-corrected chi connectivity index (χ2v) is 4.39. The molecule has 1 N–H and O–H groups in total. The van der Waals surface area contributed by atoms with Crippen molar-refractivity contribution < 1.29 is 9.53 Å². The molecule has 98 valence electrons. The zero-order valence-corrected chi connectivity index (χ0v) is 10.7. The van der Waals surface area contributed by atoms with Crippen LogP contribution in [0.3, 0.4) is 0 Å². The number of aromatic amines is 1. The summed E-state index contributed by atoms with van der Waals surface area (Å²) in [7, 11) is 0. The highest BCUT2D eigenvalue weighted by molar-refractivity contribution is 5.79. The molecule has 1 aliphatic rings. The van der Waals surface area contributed by atoms with Gasteiger partial charge in [0.05, 0.1) is 19.6 Å². The second kappa shape index (κ2) is 5.30. The number of carbonyl (C=O) groups is 1. The molecule has 0 saturated carbocycles. The Morgan fingerprint density at radius 3 is 2.67 bits per heavy atom. The van der Waals surface area contributed by atoms with E-state index in [-0.39, 0.29) is 17.9 Å². The normalized spacial score (nSPS) is 15.8. The summed E-state index contributed by atoms with van der Waals surface area (Å²) in [6, 6.07) is 0. The molecule has 0 unspecified atom stereocenters. The number of H-pyrrole nitrogens is 1. The summed E-state index contributed by atoms with van der Waals surface area (Å²) in [4.78, 5) is 32.4. The molecule has 0 atom stereocenters. The highest BCUT2D eigenvalue weighted by Gasteiger charge is 2.19. The number of hydrogen-bond acceptors (Lipinski definition) is 4. The molecular weight excluding hydrogens is 234 g/mol. The summed E-state index contributed by atoms with van der Waals surface area (Å²) in [6.07, 6.45) is 0.106. The Kier molecular flexibility index (Phi) is 3.76.